The molecule has 2 N–H and O–H groups in total. The van der Waals surface area contributed by atoms with Crippen molar-refractivity contribution < 1.29 is 0 Å². The molecule has 0 bridgehead atoms. The van der Waals surface area contributed by atoms with E-state index in [0.717, 1.165) is 16.7 Å². The van der Waals surface area contributed by atoms with Crippen LogP contribution in [0.1, 0.15) is 25.8 Å². The zero-order chi connectivity index (χ0) is 11.4. The summed E-state index contributed by atoms with van der Waals surface area (Å²) in [5, 5.41) is 0. The fraction of sp³-hybridized carbons (Fsp3) is 0.500. The molecule has 2 nitrogen and oxygen atoms in total. The maximum Gasteiger partial charge on any atom is 0.0328 e. The van der Waals surface area contributed by atoms with Crippen molar-refractivity contribution in [2.24, 2.45) is 0 Å². The highest BCUT2D eigenvalue weighted by Crippen LogP contribution is 2.19. The molecular weight excluding hydrogens is 252 g/mol. The first-order chi connectivity index (χ1) is 7.02. The van der Waals surface area contributed by atoms with Gasteiger partial charge in [-0.3, -0.25) is 4.90 Å². The standard InChI is InChI=1S/C12H19BrN2/c1-4-9(2)15(3)8-10-5-11(13)7-12(14)6-10/h5-7,9H,4,8,14H2,1-3H3. The van der Waals surface area contributed by atoms with Gasteiger partial charge in [0.25, 0.3) is 0 Å². The van der Waals surface area contributed by atoms with Crippen LogP contribution in [0, 0.1) is 0 Å². The van der Waals surface area contributed by atoms with E-state index in [9.17, 15) is 0 Å². The topological polar surface area (TPSA) is 29.3 Å². The molecule has 0 radical (unpaired) electrons. The molecule has 0 saturated carbocycles. The molecule has 0 spiro atoms. The lowest BCUT2D eigenvalue weighted by Gasteiger charge is -2.23. The summed E-state index contributed by atoms with van der Waals surface area (Å²) in [6, 6.07) is 6.68. The van der Waals surface area contributed by atoms with Crippen LogP contribution in [0.4, 0.5) is 5.69 Å². The Morgan fingerprint density at radius 2 is 2.07 bits per heavy atom. The van der Waals surface area contributed by atoms with Gasteiger partial charge in [-0.1, -0.05) is 22.9 Å². The van der Waals surface area contributed by atoms with Gasteiger partial charge < -0.3 is 5.73 Å². The van der Waals surface area contributed by atoms with Gasteiger partial charge in [0.05, 0.1) is 0 Å². The molecule has 1 aromatic rings. The highest BCUT2D eigenvalue weighted by Gasteiger charge is 2.07. The van der Waals surface area contributed by atoms with Crippen LogP contribution in [0.3, 0.4) is 0 Å². The fourth-order valence-corrected chi connectivity index (χ4v) is 2.08. The molecule has 0 aromatic heterocycles. The van der Waals surface area contributed by atoms with E-state index in [0.29, 0.717) is 6.04 Å². The van der Waals surface area contributed by atoms with Crippen molar-refractivity contribution in [2.45, 2.75) is 32.9 Å². The number of halogens is 1. The van der Waals surface area contributed by atoms with Gasteiger partial charge in [0.15, 0.2) is 0 Å². The van der Waals surface area contributed by atoms with Crippen molar-refractivity contribution in [3.8, 4) is 0 Å². The molecule has 0 aliphatic rings. The predicted octanol–water partition coefficient (Wildman–Crippen LogP) is 3.26. The Balaban J connectivity index is 2.72. The van der Waals surface area contributed by atoms with E-state index >= 15 is 0 Å². The lowest BCUT2D eigenvalue weighted by molar-refractivity contribution is 0.244. The van der Waals surface area contributed by atoms with Gasteiger partial charge in [0.1, 0.15) is 0 Å². The third kappa shape index (κ3) is 3.84. The maximum atomic E-state index is 5.80. The SMILES string of the molecule is CCC(C)N(C)Cc1cc(N)cc(Br)c1. The molecule has 1 atom stereocenters. The van der Waals surface area contributed by atoms with Gasteiger partial charge in [-0.15, -0.1) is 0 Å². The van der Waals surface area contributed by atoms with Gasteiger partial charge in [0.2, 0.25) is 0 Å². The summed E-state index contributed by atoms with van der Waals surface area (Å²) in [7, 11) is 2.14. The molecule has 84 valence electrons. The number of nitrogens with zero attached hydrogens (tertiary/aromatic N) is 1. The molecule has 0 aliphatic carbocycles. The molecule has 0 amide bonds. The minimum absolute atomic E-state index is 0.602. The van der Waals surface area contributed by atoms with E-state index in [1.54, 1.807) is 0 Å². The average Bonchev–Trinajstić information content (AvgIpc) is 2.14. The first-order valence-corrected chi connectivity index (χ1v) is 6.07. The van der Waals surface area contributed by atoms with Crippen LogP contribution in [0.25, 0.3) is 0 Å². The Kier molecular flexibility index (Phi) is 4.61. The normalized spacial score (nSPS) is 13.1. The van der Waals surface area contributed by atoms with Crippen molar-refractivity contribution >= 4 is 21.6 Å². The Bertz CT molecular complexity index is 305. The molecule has 1 unspecified atom stereocenters. The number of hydrogen-bond acceptors (Lipinski definition) is 2. The van der Waals surface area contributed by atoms with Crippen LogP contribution in [-0.4, -0.2) is 18.0 Å². The molecule has 0 fully saturated rings. The number of benzene rings is 1. The number of rotatable bonds is 4. The highest BCUT2D eigenvalue weighted by molar-refractivity contribution is 9.10. The Morgan fingerprint density at radius 1 is 1.40 bits per heavy atom. The third-order valence-electron chi connectivity index (χ3n) is 2.76. The second-order valence-electron chi connectivity index (χ2n) is 4.07. The summed E-state index contributed by atoms with van der Waals surface area (Å²) in [6.07, 6.45) is 1.17. The van der Waals surface area contributed by atoms with Crippen molar-refractivity contribution in [1.29, 1.82) is 0 Å². The predicted molar refractivity (Wildman–Crippen MR) is 69.8 cm³/mol. The van der Waals surface area contributed by atoms with E-state index in [4.69, 9.17) is 5.73 Å². The minimum atomic E-state index is 0.602. The number of nitrogen functional groups attached to an aromatic ring is 1. The second kappa shape index (κ2) is 5.52. The Labute approximate surface area is 101 Å². The Hall–Kier alpha value is -0.540. The number of hydrogen-bond donors (Lipinski definition) is 1. The van der Waals surface area contributed by atoms with E-state index in [1.807, 2.05) is 12.1 Å². The summed E-state index contributed by atoms with van der Waals surface area (Å²) in [6.45, 7) is 5.39. The van der Waals surface area contributed by atoms with E-state index in [-0.39, 0.29) is 0 Å². The largest absolute Gasteiger partial charge is 0.399 e. The van der Waals surface area contributed by atoms with E-state index in [1.165, 1.54) is 12.0 Å². The summed E-state index contributed by atoms with van der Waals surface area (Å²) in [5.41, 5.74) is 7.87. The minimum Gasteiger partial charge on any atom is -0.399 e. The second-order valence-corrected chi connectivity index (χ2v) is 4.98. The summed E-state index contributed by atoms with van der Waals surface area (Å²) in [5.74, 6) is 0. The van der Waals surface area contributed by atoms with Crippen molar-refractivity contribution in [3.05, 3.63) is 28.2 Å². The van der Waals surface area contributed by atoms with Crippen LogP contribution in [-0.2, 0) is 6.54 Å². The summed E-state index contributed by atoms with van der Waals surface area (Å²) >= 11 is 3.46. The van der Waals surface area contributed by atoms with Gasteiger partial charge in [-0.25, -0.2) is 0 Å². The maximum absolute atomic E-state index is 5.80. The average molecular weight is 271 g/mol. The van der Waals surface area contributed by atoms with Crippen LogP contribution >= 0.6 is 15.9 Å². The first kappa shape index (κ1) is 12.5. The zero-order valence-electron chi connectivity index (χ0n) is 9.63. The highest BCUT2D eigenvalue weighted by atomic mass is 79.9. The molecule has 0 heterocycles. The Morgan fingerprint density at radius 3 is 2.60 bits per heavy atom. The molecule has 15 heavy (non-hydrogen) atoms. The van der Waals surface area contributed by atoms with E-state index < -0.39 is 0 Å². The summed E-state index contributed by atoms with van der Waals surface area (Å²) < 4.78 is 1.05. The first-order valence-electron chi connectivity index (χ1n) is 5.28. The monoisotopic (exact) mass is 270 g/mol. The molecular formula is C12H19BrN2. The number of nitrogens with two attached hydrogens (primary N) is 1. The van der Waals surface area contributed by atoms with Crippen LogP contribution in [0.5, 0.6) is 0 Å². The van der Waals surface area contributed by atoms with Crippen LogP contribution < -0.4 is 5.73 Å². The van der Waals surface area contributed by atoms with Crippen molar-refractivity contribution in [1.82, 2.24) is 4.90 Å². The molecule has 1 aromatic carbocycles. The van der Waals surface area contributed by atoms with Crippen LogP contribution in [0.2, 0.25) is 0 Å². The third-order valence-corrected chi connectivity index (χ3v) is 3.21. The number of anilines is 1. The van der Waals surface area contributed by atoms with Crippen molar-refractivity contribution in [2.75, 3.05) is 12.8 Å². The lowest BCUT2D eigenvalue weighted by Crippen LogP contribution is -2.27. The van der Waals surface area contributed by atoms with E-state index in [2.05, 4.69) is 47.8 Å². The van der Waals surface area contributed by atoms with Gasteiger partial charge in [-0.05, 0) is 44.2 Å². The van der Waals surface area contributed by atoms with Gasteiger partial charge >= 0.3 is 0 Å². The quantitative estimate of drug-likeness (QED) is 0.852. The molecule has 0 saturated heterocycles. The molecule has 1 rings (SSSR count). The molecule has 0 aliphatic heterocycles. The van der Waals surface area contributed by atoms with Gasteiger partial charge in [0, 0.05) is 22.7 Å². The zero-order valence-corrected chi connectivity index (χ0v) is 11.2. The molecule has 3 heteroatoms. The van der Waals surface area contributed by atoms with Crippen LogP contribution in [0.15, 0.2) is 22.7 Å². The smallest absolute Gasteiger partial charge is 0.0328 e. The fourth-order valence-electron chi connectivity index (χ4n) is 1.52. The lowest BCUT2D eigenvalue weighted by atomic mass is 10.1. The van der Waals surface area contributed by atoms with Crippen molar-refractivity contribution in [3.63, 3.8) is 0 Å². The van der Waals surface area contributed by atoms with Gasteiger partial charge in [-0.2, -0.15) is 0 Å². The summed E-state index contributed by atoms with van der Waals surface area (Å²) in [4.78, 5) is 2.33.